The molecule has 4 rings (SSSR count). The number of hydrogen-bond acceptors (Lipinski definition) is 5. The van der Waals surface area contributed by atoms with Gasteiger partial charge in [0.1, 0.15) is 0 Å². The Balaban J connectivity index is 0.000000625. The zero-order valence-electron chi connectivity index (χ0n) is 25.0. The number of sulfonamides is 1. The quantitative estimate of drug-likeness (QED) is 0.485. The summed E-state index contributed by atoms with van der Waals surface area (Å²) in [5, 5.41) is 12.2. The number of terminal acetylenes is 2. The van der Waals surface area contributed by atoms with E-state index in [0.717, 1.165) is 25.8 Å². The molecule has 3 N–H and O–H groups in total. The van der Waals surface area contributed by atoms with Crippen molar-refractivity contribution in [2.24, 2.45) is 5.73 Å². The van der Waals surface area contributed by atoms with Crippen LogP contribution in [0.4, 0.5) is 0 Å². The molecular weight excluding hydrogens is 532 g/mol. The third-order valence-corrected chi connectivity index (χ3v) is 8.08. The molecule has 222 valence electrons. The molecule has 8 heteroatoms. The number of benzene rings is 2. The van der Waals surface area contributed by atoms with Gasteiger partial charge in [0.15, 0.2) is 0 Å². The molecule has 2 aromatic carbocycles. The van der Waals surface area contributed by atoms with Crippen LogP contribution in [-0.2, 0) is 34.2 Å². The second-order valence-electron chi connectivity index (χ2n) is 10.6. The van der Waals surface area contributed by atoms with Crippen LogP contribution < -0.4 is 11.1 Å². The first-order valence-corrected chi connectivity index (χ1v) is 15.1. The molecule has 1 amide bonds. The summed E-state index contributed by atoms with van der Waals surface area (Å²) in [6.45, 7) is 10.1. The molecule has 2 aromatic rings. The summed E-state index contributed by atoms with van der Waals surface area (Å²) in [6, 6.07) is 15.1. The molecule has 0 unspecified atom stereocenters. The number of nitriles is 1. The fourth-order valence-corrected chi connectivity index (χ4v) is 5.74. The molecule has 1 aliphatic heterocycles. The number of nitrogens with two attached hydrogens (primary N) is 1. The van der Waals surface area contributed by atoms with Crippen LogP contribution in [0.2, 0.25) is 0 Å². The Morgan fingerprint density at radius 1 is 0.927 bits per heavy atom. The lowest BCUT2D eigenvalue weighted by Crippen LogP contribution is -2.35. The minimum Gasteiger partial charge on any atom is -0.370 e. The van der Waals surface area contributed by atoms with Crippen molar-refractivity contribution in [1.29, 1.82) is 5.26 Å². The summed E-state index contributed by atoms with van der Waals surface area (Å²) in [4.78, 5) is 9.50. The van der Waals surface area contributed by atoms with Crippen LogP contribution in [0.1, 0.15) is 82.1 Å². The number of rotatable bonds is 4. The highest BCUT2D eigenvalue weighted by atomic mass is 32.2. The molecule has 0 aromatic heterocycles. The van der Waals surface area contributed by atoms with E-state index in [-0.39, 0.29) is 16.3 Å². The third kappa shape index (κ3) is 14.5. The lowest BCUT2D eigenvalue weighted by atomic mass is 9.90. The van der Waals surface area contributed by atoms with Gasteiger partial charge < -0.3 is 11.1 Å². The van der Waals surface area contributed by atoms with E-state index in [1.807, 2.05) is 6.07 Å². The molecule has 7 nitrogen and oxygen atoms in total. The summed E-state index contributed by atoms with van der Waals surface area (Å²) in [5.74, 6) is -0.333. The molecule has 1 heterocycles. The van der Waals surface area contributed by atoms with Crippen LogP contribution in [0.5, 0.6) is 0 Å². The molecule has 1 fully saturated rings. The Labute approximate surface area is 248 Å². The number of amides is 1. The molecular formula is C33H46N4O3S. The Bertz CT molecular complexity index is 1240. The molecule has 0 spiro atoms. The number of piperidine rings is 1. The summed E-state index contributed by atoms with van der Waals surface area (Å²) >= 11 is 0. The van der Waals surface area contributed by atoms with Gasteiger partial charge in [-0.15, -0.1) is 25.7 Å². The van der Waals surface area contributed by atoms with Crippen LogP contribution in [-0.4, -0.2) is 37.3 Å². The number of primary amides is 1. The van der Waals surface area contributed by atoms with Crippen LogP contribution in [0.15, 0.2) is 47.4 Å². The van der Waals surface area contributed by atoms with Gasteiger partial charge in [-0.2, -0.15) is 9.57 Å². The van der Waals surface area contributed by atoms with Crippen molar-refractivity contribution in [3.05, 3.63) is 64.7 Å². The monoisotopic (exact) mass is 578 g/mol. The topological polar surface area (TPSA) is 116 Å². The van der Waals surface area contributed by atoms with Crippen LogP contribution in [0.3, 0.4) is 0 Å². The molecule has 0 bridgehead atoms. The average Bonchev–Trinajstić information content (AvgIpc) is 2.98. The zero-order chi connectivity index (χ0) is 31.5. The van der Waals surface area contributed by atoms with Crippen molar-refractivity contribution in [3.63, 3.8) is 0 Å². The number of fused-ring (bicyclic) bond motifs is 1. The Kier molecular flexibility index (Phi) is 17.8. The van der Waals surface area contributed by atoms with Gasteiger partial charge in [0, 0.05) is 32.1 Å². The highest BCUT2D eigenvalue weighted by molar-refractivity contribution is 7.89. The standard InChI is InChI=1S/C15H23N.C12H14N2O2S.C2H5NO.2C2H2/c1-15(2,3)16-11-12-8-9-13-6-4-5-7-14(13)10-12;13-10-11-4-6-12(7-5-11)17(15,16)14-8-2-1-3-9-14;1-2(3)4;2*1-2/h8-10,16H,4-7,11H2,1-3H3;4-7H,1-3,8-9H2;1H3,(H2,3,4);2*1-2H. The predicted octanol–water partition coefficient (Wildman–Crippen LogP) is 5.18. The molecule has 1 saturated heterocycles. The highest BCUT2D eigenvalue weighted by Crippen LogP contribution is 2.23. The normalized spacial score (nSPS) is 14.2. The second kappa shape index (κ2) is 19.5. The predicted molar refractivity (Wildman–Crippen MR) is 168 cm³/mol. The van der Waals surface area contributed by atoms with Crippen molar-refractivity contribution < 1.29 is 13.2 Å². The molecule has 0 saturated carbocycles. The Morgan fingerprint density at radius 3 is 1.93 bits per heavy atom. The summed E-state index contributed by atoms with van der Waals surface area (Å²) in [6.07, 6.45) is 24.2. The summed E-state index contributed by atoms with van der Waals surface area (Å²) in [5.41, 5.74) is 9.74. The largest absolute Gasteiger partial charge is 0.370 e. The van der Waals surface area contributed by atoms with Crippen LogP contribution in [0.25, 0.3) is 0 Å². The van der Waals surface area contributed by atoms with Gasteiger partial charge >= 0.3 is 0 Å². The van der Waals surface area contributed by atoms with Crippen molar-refractivity contribution in [2.75, 3.05) is 13.1 Å². The molecule has 0 radical (unpaired) electrons. The van der Waals surface area contributed by atoms with Crippen molar-refractivity contribution in [2.45, 2.75) is 89.6 Å². The van der Waals surface area contributed by atoms with Gasteiger partial charge in [-0.1, -0.05) is 24.6 Å². The minimum absolute atomic E-state index is 0.204. The van der Waals surface area contributed by atoms with Gasteiger partial charge in [0.25, 0.3) is 0 Å². The van der Waals surface area contributed by atoms with Crippen molar-refractivity contribution in [3.8, 4) is 31.8 Å². The maximum Gasteiger partial charge on any atom is 0.243 e. The minimum atomic E-state index is -3.36. The van der Waals surface area contributed by atoms with E-state index in [4.69, 9.17) is 5.26 Å². The maximum atomic E-state index is 12.2. The van der Waals surface area contributed by atoms with Crippen LogP contribution >= 0.6 is 0 Å². The number of carbonyl (C=O) groups excluding carboxylic acids is 1. The van der Waals surface area contributed by atoms with E-state index < -0.39 is 10.0 Å². The number of nitrogens with one attached hydrogen (secondary N) is 1. The number of nitrogens with zero attached hydrogens (tertiary/aromatic N) is 2. The fourth-order valence-electron chi connectivity index (χ4n) is 4.22. The van der Waals surface area contributed by atoms with Crippen molar-refractivity contribution >= 4 is 15.9 Å². The SMILES string of the molecule is C#C.C#C.CC(C)(C)NCc1ccc2c(c1)CCCC2.CC(N)=O.N#Cc1ccc(S(=O)(=O)N2CCCCC2)cc1. The lowest BCUT2D eigenvalue weighted by Gasteiger charge is -2.25. The average molecular weight is 579 g/mol. The first-order chi connectivity index (χ1) is 19.4. The van der Waals surface area contributed by atoms with E-state index in [1.165, 1.54) is 66.7 Å². The van der Waals surface area contributed by atoms with E-state index in [2.05, 4.69) is 75.7 Å². The molecule has 2 aliphatic rings. The van der Waals surface area contributed by atoms with E-state index >= 15 is 0 Å². The highest BCUT2D eigenvalue weighted by Gasteiger charge is 2.25. The molecule has 1 aliphatic carbocycles. The smallest absolute Gasteiger partial charge is 0.243 e. The maximum absolute atomic E-state index is 12.2. The number of hydrogen-bond donors (Lipinski definition) is 2. The van der Waals surface area contributed by atoms with E-state index in [9.17, 15) is 13.2 Å². The number of carbonyl (C=O) groups is 1. The van der Waals surface area contributed by atoms with Gasteiger partial charge in [-0.3, -0.25) is 4.79 Å². The van der Waals surface area contributed by atoms with Crippen molar-refractivity contribution in [1.82, 2.24) is 9.62 Å². The number of aryl methyl sites for hydroxylation is 2. The van der Waals surface area contributed by atoms with E-state index in [1.54, 1.807) is 11.1 Å². The summed E-state index contributed by atoms with van der Waals surface area (Å²) in [7, 11) is -3.36. The van der Waals surface area contributed by atoms with Gasteiger partial charge in [-0.05, 0) is 100 Å². The second-order valence-corrected chi connectivity index (χ2v) is 12.6. The van der Waals surface area contributed by atoms with E-state index in [0.29, 0.717) is 18.7 Å². The summed E-state index contributed by atoms with van der Waals surface area (Å²) < 4.78 is 26.0. The fraction of sp³-hybridized carbons (Fsp3) is 0.455. The zero-order valence-corrected chi connectivity index (χ0v) is 25.8. The first kappa shape index (κ1) is 37.4. The van der Waals surface area contributed by atoms with Gasteiger partial charge in [0.05, 0.1) is 16.5 Å². The van der Waals surface area contributed by atoms with Gasteiger partial charge in [0.2, 0.25) is 15.9 Å². The third-order valence-electron chi connectivity index (χ3n) is 6.17. The lowest BCUT2D eigenvalue weighted by molar-refractivity contribution is -0.115. The Morgan fingerprint density at radius 2 is 1.44 bits per heavy atom. The molecule has 0 atom stereocenters. The Hall–Kier alpha value is -3.61. The first-order valence-electron chi connectivity index (χ1n) is 13.7. The molecule has 41 heavy (non-hydrogen) atoms. The van der Waals surface area contributed by atoms with Gasteiger partial charge in [-0.25, -0.2) is 8.42 Å². The van der Waals surface area contributed by atoms with Crippen LogP contribution in [0, 0.1) is 37.0 Å².